The van der Waals surface area contributed by atoms with Crippen molar-refractivity contribution >= 4 is 27.3 Å². The second-order valence-corrected chi connectivity index (χ2v) is 11.0. The molecule has 0 radical (unpaired) electrons. The van der Waals surface area contributed by atoms with Crippen LogP contribution in [0.1, 0.15) is 36.0 Å². The van der Waals surface area contributed by atoms with Crippen molar-refractivity contribution in [3.8, 4) is 0 Å². The molecule has 1 aromatic carbocycles. The zero-order valence-electron chi connectivity index (χ0n) is 17.2. The lowest BCUT2D eigenvalue weighted by atomic mass is 9.87. The number of sulfonamides is 1. The highest BCUT2D eigenvalue weighted by Gasteiger charge is 2.23. The third-order valence-corrected chi connectivity index (χ3v) is 7.48. The van der Waals surface area contributed by atoms with Gasteiger partial charge in [0.25, 0.3) is 5.91 Å². The van der Waals surface area contributed by atoms with Gasteiger partial charge >= 0.3 is 0 Å². The number of piperazine rings is 1. The first-order valence-corrected chi connectivity index (χ1v) is 12.2. The molecule has 6 nitrogen and oxygen atoms in total. The zero-order valence-corrected chi connectivity index (χ0v) is 18.9. The van der Waals surface area contributed by atoms with Crippen LogP contribution < -0.4 is 4.72 Å². The predicted molar refractivity (Wildman–Crippen MR) is 117 cm³/mol. The van der Waals surface area contributed by atoms with Gasteiger partial charge in [0.05, 0.1) is 9.77 Å². The van der Waals surface area contributed by atoms with Crippen LogP contribution in [-0.2, 0) is 15.4 Å². The number of nitrogens with one attached hydrogen (secondary N) is 1. The Morgan fingerprint density at radius 2 is 1.72 bits per heavy atom. The summed E-state index contributed by atoms with van der Waals surface area (Å²) in [6.07, 6.45) is 0. The third kappa shape index (κ3) is 5.66. The van der Waals surface area contributed by atoms with E-state index in [9.17, 15) is 13.2 Å². The molecule has 0 aliphatic carbocycles. The molecule has 158 valence electrons. The summed E-state index contributed by atoms with van der Waals surface area (Å²) >= 11 is 1.46. The molecule has 1 aliphatic heterocycles. The molecular formula is C21H29N3O3S2. The lowest BCUT2D eigenvalue weighted by Gasteiger charge is -2.34. The van der Waals surface area contributed by atoms with Crippen LogP contribution in [0.2, 0.25) is 0 Å². The highest BCUT2D eigenvalue weighted by Crippen LogP contribution is 2.23. The van der Waals surface area contributed by atoms with Gasteiger partial charge in [0, 0.05) is 39.3 Å². The fraction of sp³-hybridized carbons (Fsp3) is 0.476. The van der Waals surface area contributed by atoms with Gasteiger partial charge in [-0.15, -0.1) is 11.3 Å². The van der Waals surface area contributed by atoms with E-state index < -0.39 is 10.0 Å². The molecule has 1 fully saturated rings. The Labute approximate surface area is 177 Å². The quantitative estimate of drug-likeness (QED) is 0.758. The van der Waals surface area contributed by atoms with Gasteiger partial charge in [-0.3, -0.25) is 9.69 Å². The van der Waals surface area contributed by atoms with E-state index in [2.05, 4.69) is 30.4 Å². The number of hydrogen-bond acceptors (Lipinski definition) is 5. The number of hydrogen-bond donors (Lipinski definition) is 1. The van der Waals surface area contributed by atoms with E-state index >= 15 is 0 Å². The highest BCUT2D eigenvalue weighted by atomic mass is 32.2. The first kappa shape index (κ1) is 22.0. The van der Waals surface area contributed by atoms with Gasteiger partial charge in [-0.1, -0.05) is 39.0 Å². The topological polar surface area (TPSA) is 69.7 Å². The molecule has 1 amide bonds. The highest BCUT2D eigenvalue weighted by molar-refractivity contribution is 7.89. The van der Waals surface area contributed by atoms with Gasteiger partial charge < -0.3 is 4.90 Å². The van der Waals surface area contributed by atoms with Crippen LogP contribution in [0.15, 0.2) is 46.7 Å². The minimum atomic E-state index is -3.52. The summed E-state index contributed by atoms with van der Waals surface area (Å²) in [6.45, 7) is 10.1. The van der Waals surface area contributed by atoms with Crippen LogP contribution >= 0.6 is 11.3 Å². The number of thiophene rings is 1. The third-order valence-electron chi connectivity index (χ3n) is 5.14. The number of rotatable bonds is 6. The second kappa shape index (κ2) is 8.95. The summed E-state index contributed by atoms with van der Waals surface area (Å²) in [5.74, 6) is 0.0825. The van der Waals surface area contributed by atoms with Gasteiger partial charge in [-0.25, -0.2) is 13.1 Å². The van der Waals surface area contributed by atoms with E-state index in [-0.39, 0.29) is 16.2 Å². The molecule has 2 aromatic rings. The minimum Gasteiger partial charge on any atom is -0.335 e. The van der Waals surface area contributed by atoms with Crippen LogP contribution in [0.3, 0.4) is 0 Å². The molecule has 1 saturated heterocycles. The Hall–Kier alpha value is -1.74. The van der Waals surface area contributed by atoms with E-state index in [1.807, 2.05) is 34.5 Å². The summed E-state index contributed by atoms with van der Waals surface area (Å²) in [6, 6.07) is 10.8. The monoisotopic (exact) mass is 435 g/mol. The summed E-state index contributed by atoms with van der Waals surface area (Å²) in [4.78, 5) is 17.5. The Balaban J connectivity index is 1.46. The van der Waals surface area contributed by atoms with Crippen molar-refractivity contribution in [2.45, 2.75) is 31.1 Å². The average Bonchev–Trinajstić information content (AvgIpc) is 3.22. The largest absolute Gasteiger partial charge is 0.335 e. The number of benzene rings is 1. The Morgan fingerprint density at radius 3 is 2.28 bits per heavy atom. The maximum Gasteiger partial charge on any atom is 0.264 e. The molecule has 2 heterocycles. The van der Waals surface area contributed by atoms with Gasteiger partial charge in [0.1, 0.15) is 0 Å². The number of amides is 1. The van der Waals surface area contributed by atoms with Crippen LogP contribution in [0.25, 0.3) is 0 Å². The molecule has 29 heavy (non-hydrogen) atoms. The first-order valence-electron chi connectivity index (χ1n) is 9.82. The molecule has 3 rings (SSSR count). The van der Waals surface area contributed by atoms with Gasteiger partial charge in [-0.05, 0) is 34.6 Å². The Bertz CT molecular complexity index is 909. The molecule has 0 atom stereocenters. The van der Waals surface area contributed by atoms with Crippen LogP contribution in [0.4, 0.5) is 0 Å². The van der Waals surface area contributed by atoms with Crippen molar-refractivity contribution in [2.24, 2.45) is 0 Å². The van der Waals surface area contributed by atoms with Gasteiger partial charge in [0.15, 0.2) is 0 Å². The normalized spacial score (nSPS) is 16.2. The predicted octanol–water partition coefficient (Wildman–Crippen LogP) is 2.78. The molecule has 1 N–H and O–H groups in total. The summed E-state index contributed by atoms with van der Waals surface area (Å²) in [5.41, 5.74) is 1.09. The number of carbonyl (C=O) groups excluding carboxylic acids is 1. The smallest absolute Gasteiger partial charge is 0.264 e. The van der Waals surface area contributed by atoms with Crippen molar-refractivity contribution in [1.29, 1.82) is 0 Å². The summed E-state index contributed by atoms with van der Waals surface area (Å²) in [5, 5.41) is 1.91. The molecule has 8 heteroatoms. The number of nitrogens with zero attached hydrogens (tertiary/aromatic N) is 2. The van der Waals surface area contributed by atoms with Crippen molar-refractivity contribution in [1.82, 2.24) is 14.5 Å². The lowest BCUT2D eigenvalue weighted by Crippen LogP contribution is -2.50. The molecular weight excluding hydrogens is 406 g/mol. The molecule has 1 aromatic heterocycles. The fourth-order valence-corrected chi connectivity index (χ4v) is 5.00. The first-order chi connectivity index (χ1) is 13.7. The average molecular weight is 436 g/mol. The molecule has 0 bridgehead atoms. The van der Waals surface area contributed by atoms with Crippen molar-refractivity contribution in [2.75, 3.05) is 39.3 Å². The maximum atomic E-state index is 12.5. The maximum absolute atomic E-state index is 12.5. The van der Waals surface area contributed by atoms with Crippen LogP contribution in [-0.4, -0.2) is 63.4 Å². The van der Waals surface area contributed by atoms with E-state index in [1.54, 1.807) is 12.1 Å². The standard InChI is InChI=1S/C21H29N3O3S2/c1-21(2,3)17-6-8-18(9-7-17)29(26,27)22-10-11-23-12-14-24(15-13-23)20(25)19-5-4-16-28-19/h4-9,16,22H,10-15H2,1-3H3. The van der Waals surface area contributed by atoms with E-state index in [4.69, 9.17) is 0 Å². The van der Waals surface area contributed by atoms with Crippen molar-refractivity contribution in [3.05, 3.63) is 52.2 Å². The summed E-state index contributed by atoms with van der Waals surface area (Å²) < 4.78 is 27.7. The van der Waals surface area contributed by atoms with E-state index in [0.717, 1.165) is 23.5 Å². The van der Waals surface area contributed by atoms with Crippen LogP contribution in [0.5, 0.6) is 0 Å². The van der Waals surface area contributed by atoms with E-state index in [1.165, 1.54) is 11.3 Å². The lowest BCUT2D eigenvalue weighted by molar-refractivity contribution is 0.0645. The van der Waals surface area contributed by atoms with Crippen molar-refractivity contribution < 1.29 is 13.2 Å². The Kier molecular flexibility index (Phi) is 6.78. The van der Waals surface area contributed by atoms with Gasteiger partial charge in [0.2, 0.25) is 10.0 Å². The zero-order chi connectivity index (χ0) is 21.1. The summed E-state index contributed by atoms with van der Waals surface area (Å²) in [7, 11) is -3.52. The SMILES string of the molecule is CC(C)(C)c1ccc(S(=O)(=O)NCCN2CCN(C(=O)c3cccs3)CC2)cc1. The fourth-order valence-electron chi connectivity index (χ4n) is 3.29. The van der Waals surface area contributed by atoms with Gasteiger partial charge in [-0.2, -0.15) is 0 Å². The minimum absolute atomic E-state index is 0.0112. The van der Waals surface area contributed by atoms with E-state index in [0.29, 0.717) is 26.2 Å². The second-order valence-electron chi connectivity index (χ2n) is 8.28. The molecule has 0 unspecified atom stereocenters. The number of carbonyl (C=O) groups is 1. The molecule has 0 saturated carbocycles. The van der Waals surface area contributed by atoms with Crippen molar-refractivity contribution in [3.63, 3.8) is 0 Å². The molecule has 1 aliphatic rings. The molecule has 0 spiro atoms. The Morgan fingerprint density at radius 1 is 1.07 bits per heavy atom. The van der Waals surface area contributed by atoms with Crippen LogP contribution in [0, 0.1) is 0 Å².